The van der Waals surface area contributed by atoms with Crippen LogP contribution in [0.15, 0.2) is 30.3 Å². The number of rotatable bonds is 9. The lowest BCUT2D eigenvalue weighted by Gasteiger charge is -2.42. The fraction of sp³-hybridized carbons (Fsp3) is 0.667. The average Bonchev–Trinajstić information content (AvgIpc) is 2.80. The first-order chi connectivity index (χ1) is 17.7. The van der Waals surface area contributed by atoms with Crippen molar-refractivity contribution < 1.29 is 28.7 Å². The Balaban J connectivity index is 3.56. The van der Waals surface area contributed by atoms with Gasteiger partial charge in [0.2, 0.25) is 11.8 Å². The molecule has 0 aliphatic heterocycles. The Labute approximate surface area is 234 Å². The van der Waals surface area contributed by atoms with Gasteiger partial charge in [-0.05, 0) is 37.7 Å². The third kappa shape index (κ3) is 8.70. The SMILES string of the molecule is COC(=O)[C@H](C(C)C)N(C)C(=O)C(NC(=O)[C@@H](N(C)C(=O)OC(C)(C)C)C(C)(C)c1ccccc1)C(C)(C)C. The molecule has 220 valence electrons. The highest BCUT2D eigenvalue weighted by molar-refractivity contribution is 5.94. The van der Waals surface area contributed by atoms with Gasteiger partial charge < -0.3 is 19.7 Å². The first-order valence-electron chi connectivity index (χ1n) is 13.3. The van der Waals surface area contributed by atoms with Crippen LogP contribution in [0, 0.1) is 11.3 Å². The van der Waals surface area contributed by atoms with Crippen LogP contribution in [-0.2, 0) is 29.3 Å². The van der Waals surface area contributed by atoms with Gasteiger partial charge in [0.25, 0.3) is 0 Å². The number of carbonyl (C=O) groups excluding carboxylic acids is 4. The molecule has 0 bridgehead atoms. The zero-order valence-electron chi connectivity index (χ0n) is 26.0. The average molecular weight is 548 g/mol. The number of ether oxygens (including phenoxy) is 2. The Kier molecular flexibility index (Phi) is 11.2. The summed E-state index contributed by atoms with van der Waals surface area (Å²) < 4.78 is 10.5. The predicted molar refractivity (Wildman–Crippen MR) is 152 cm³/mol. The maximum Gasteiger partial charge on any atom is 0.410 e. The van der Waals surface area contributed by atoms with E-state index in [9.17, 15) is 19.2 Å². The molecule has 0 radical (unpaired) electrons. The largest absolute Gasteiger partial charge is 0.467 e. The van der Waals surface area contributed by atoms with E-state index in [2.05, 4.69) is 5.32 Å². The number of hydrogen-bond donors (Lipinski definition) is 1. The molecule has 1 unspecified atom stereocenters. The molecule has 1 aromatic carbocycles. The van der Waals surface area contributed by atoms with Gasteiger partial charge >= 0.3 is 12.1 Å². The fourth-order valence-corrected chi connectivity index (χ4v) is 4.66. The summed E-state index contributed by atoms with van der Waals surface area (Å²) in [6.45, 7) is 18.2. The van der Waals surface area contributed by atoms with Gasteiger partial charge in [0.1, 0.15) is 23.7 Å². The third-order valence-electron chi connectivity index (χ3n) is 6.76. The highest BCUT2D eigenvalue weighted by atomic mass is 16.6. The molecule has 0 saturated heterocycles. The van der Waals surface area contributed by atoms with Crippen LogP contribution in [-0.4, -0.2) is 78.6 Å². The van der Waals surface area contributed by atoms with Crippen LogP contribution in [0.25, 0.3) is 0 Å². The number of nitrogens with zero attached hydrogens (tertiary/aromatic N) is 2. The van der Waals surface area contributed by atoms with Crippen molar-refractivity contribution >= 4 is 23.9 Å². The normalized spacial score (nSPS) is 14.6. The topological polar surface area (TPSA) is 105 Å². The number of carbonyl (C=O) groups is 4. The molecular formula is C30H49N3O6. The molecule has 0 heterocycles. The van der Waals surface area contributed by atoms with E-state index >= 15 is 0 Å². The van der Waals surface area contributed by atoms with Crippen molar-refractivity contribution in [3.05, 3.63) is 35.9 Å². The number of methoxy groups -OCH3 is 1. The number of amides is 3. The van der Waals surface area contributed by atoms with Crippen LogP contribution in [0.2, 0.25) is 0 Å². The van der Waals surface area contributed by atoms with Gasteiger partial charge in [-0.1, -0.05) is 78.8 Å². The molecule has 1 rings (SSSR count). The van der Waals surface area contributed by atoms with Crippen LogP contribution in [0.1, 0.15) is 74.8 Å². The monoisotopic (exact) mass is 547 g/mol. The van der Waals surface area contributed by atoms with E-state index in [4.69, 9.17) is 9.47 Å². The van der Waals surface area contributed by atoms with Gasteiger partial charge in [0.15, 0.2) is 0 Å². The van der Waals surface area contributed by atoms with Crippen molar-refractivity contribution in [2.24, 2.45) is 11.3 Å². The minimum absolute atomic E-state index is 0.217. The number of nitrogens with one attached hydrogen (secondary N) is 1. The van der Waals surface area contributed by atoms with Crippen molar-refractivity contribution in [1.82, 2.24) is 15.1 Å². The molecule has 0 aromatic heterocycles. The standard InChI is InChI=1S/C30H49N3O6/c1-19(2)21(26(36)38-13)32(11)25(35)22(28(3,4)5)31-24(34)23(33(12)27(37)39-29(6,7)8)30(9,10)20-17-15-14-16-18-20/h14-19,21-23H,1-13H3,(H,31,34)/t21-,22?,23+/m0/s1. The number of esters is 1. The molecule has 1 aromatic rings. The Morgan fingerprint density at radius 3 is 1.77 bits per heavy atom. The predicted octanol–water partition coefficient (Wildman–Crippen LogP) is 4.39. The summed E-state index contributed by atoms with van der Waals surface area (Å²) in [7, 11) is 4.34. The maximum absolute atomic E-state index is 14.1. The number of benzene rings is 1. The van der Waals surface area contributed by atoms with Crippen molar-refractivity contribution in [2.45, 2.75) is 98.4 Å². The Morgan fingerprint density at radius 2 is 1.36 bits per heavy atom. The third-order valence-corrected chi connectivity index (χ3v) is 6.76. The summed E-state index contributed by atoms with van der Waals surface area (Å²) in [4.78, 5) is 56.3. The molecule has 9 heteroatoms. The van der Waals surface area contributed by atoms with Gasteiger partial charge in [0, 0.05) is 19.5 Å². The Morgan fingerprint density at radius 1 is 0.846 bits per heavy atom. The molecule has 0 spiro atoms. The molecule has 3 atom stereocenters. The second-order valence-corrected chi connectivity index (χ2v) is 13.1. The Hall–Kier alpha value is -3.10. The van der Waals surface area contributed by atoms with Crippen LogP contribution in [0.5, 0.6) is 0 Å². The number of likely N-dealkylation sites (N-methyl/N-ethyl adjacent to an activating group) is 2. The van der Waals surface area contributed by atoms with Crippen LogP contribution < -0.4 is 5.32 Å². The van der Waals surface area contributed by atoms with Gasteiger partial charge in [-0.2, -0.15) is 0 Å². The van der Waals surface area contributed by atoms with E-state index in [0.29, 0.717) is 0 Å². The fourth-order valence-electron chi connectivity index (χ4n) is 4.66. The molecule has 0 aliphatic carbocycles. The van der Waals surface area contributed by atoms with E-state index < -0.39 is 58.4 Å². The summed E-state index contributed by atoms with van der Waals surface area (Å²) in [5.41, 5.74) is -1.51. The lowest BCUT2D eigenvalue weighted by atomic mass is 9.76. The van der Waals surface area contributed by atoms with Gasteiger partial charge in [-0.15, -0.1) is 0 Å². The van der Waals surface area contributed by atoms with E-state index in [1.54, 1.807) is 20.8 Å². The molecule has 0 aliphatic rings. The van der Waals surface area contributed by atoms with Crippen LogP contribution >= 0.6 is 0 Å². The summed E-state index contributed by atoms with van der Waals surface area (Å²) in [5, 5.41) is 2.93. The minimum Gasteiger partial charge on any atom is -0.467 e. The summed E-state index contributed by atoms with van der Waals surface area (Å²) in [6.07, 6.45) is -0.659. The zero-order valence-corrected chi connectivity index (χ0v) is 26.0. The van der Waals surface area contributed by atoms with Crippen molar-refractivity contribution in [1.29, 1.82) is 0 Å². The van der Waals surface area contributed by atoms with E-state index in [-0.39, 0.29) is 5.92 Å². The Bertz CT molecular complexity index is 1010. The van der Waals surface area contributed by atoms with Crippen LogP contribution in [0.3, 0.4) is 0 Å². The quantitative estimate of drug-likeness (QED) is 0.460. The molecule has 39 heavy (non-hydrogen) atoms. The summed E-state index contributed by atoms with van der Waals surface area (Å²) >= 11 is 0. The molecular weight excluding hydrogens is 498 g/mol. The molecule has 9 nitrogen and oxygen atoms in total. The minimum atomic E-state index is -1.03. The van der Waals surface area contributed by atoms with E-state index in [0.717, 1.165) is 5.56 Å². The number of hydrogen-bond acceptors (Lipinski definition) is 6. The molecule has 0 saturated carbocycles. The first-order valence-corrected chi connectivity index (χ1v) is 13.3. The van der Waals surface area contributed by atoms with Crippen molar-refractivity contribution in [3.8, 4) is 0 Å². The second-order valence-electron chi connectivity index (χ2n) is 13.1. The zero-order chi connectivity index (χ0) is 30.5. The van der Waals surface area contributed by atoms with Gasteiger partial charge in [-0.25, -0.2) is 9.59 Å². The maximum atomic E-state index is 14.1. The molecule has 3 amide bonds. The van der Waals surface area contributed by atoms with Crippen molar-refractivity contribution in [2.75, 3.05) is 21.2 Å². The first kappa shape index (κ1) is 33.9. The smallest absolute Gasteiger partial charge is 0.410 e. The highest BCUT2D eigenvalue weighted by Crippen LogP contribution is 2.32. The van der Waals surface area contributed by atoms with Gasteiger partial charge in [0.05, 0.1) is 7.11 Å². The lowest BCUT2D eigenvalue weighted by molar-refractivity contribution is -0.156. The van der Waals surface area contributed by atoms with Gasteiger partial charge in [-0.3, -0.25) is 14.5 Å². The van der Waals surface area contributed by atoms with E-state index in [1.807, 2.05) is 78.8 Å². The summed E-state index contributed by atoms with van der Waals surface area (Å²) in [5.74, 6) is -1.70. The van der Waals surface area contributed by atoms with E-state index in [1.165, 1.54) is 31.0 Å². The van der Waals surface area contributed by atoms with Crippen molar-refractivity contribution in [3.63, 3.8) is 0 Å². The molecule has 1 N–H and O–H groups in total. The lowest BCUT2D eigenvalue weighted by Crippen LogP contribution is -2.63. The van der Waals surface area contributed by atoms with Crippen LogP contribution in [0.4, 0.5) is 4.79 Å². The second kappa shape index (κ2) is 12.8. The highest BCUT2D eigenvalue weighted by Gasteiger charge is 2.46. The molecule has 0 fully saturated rings. The summed E-state index contributed by atoms with van der Waals surface area (Å²) in [6, 6.07) is 6.55.